The minimum absolute atomic E-state index is 0.363. The normalized spacial score (nSPS) is 20.9. The molecule has 154 valence electrons. The topological polar surface area (TPSA) is 95.2 Å². The van der Waals surface area contributed by atoms with E-state index in [4.69, 9.17) is 0 Å². The molecule has 0 bridgehead atoms. The van der Waals surface area contributed by atoms with E-state index in [1.165, 1.54) is 50.0 Å². The number of carbonyl (C=O) groups excluding carboxylic acids is 2. The number of benzene rings is 1. The lowest BCUT2D eigenvalue weighted by molar-refractivity contribution is -0.778. The van der Waals surface area contributed by atoms with E-state index in [1.807, 2.05) is 0 Å². The summed E-state index contributed by atoms with van der Waals surface area (Å²) in [6, 6.07) is 5.14. The Morgan fingerprint density at radius 1 is 0.821 bits per heavy atom. The minimum atomic E-state index is -1.52. The van der Waals surface area contributed by atoms with Gasteiger partial charge in [0.25, 0.3) is 0 Å². The number of likely N-dealkylation sites (N-methyl/N-ethyl adjacent to an activating group) is 4. The van der Waals surface area contributed by atoms with Crippen molar-refractivity contribution in [1.82, 2.24) is 0 Å². The standard InChI is InChI=1S/C8H6O4.2C6H13N2/c9-7(10)5-3-1-2-4-6(5)8(11)12;2*1-6-7(2)4-5-8(6)3/h1-4H,(H,9,10)(H,11,12);2*4-5H2,1-3H3/q;2*+1. The van der Waals surface area contributed by atoms with Crippen LogP contribution >= 0.6 is 0 Å². The Kier molecular flexibility index (Phi) is 8.94. The van der Waals surface area contributed by atoms with Crippen molar-refractivity contribution in [3.8, 4) is 0 Å². The number of hydrogen-bond acceptors (Lipinski definition) is 4. The fourth-order valence-corrected chi connectivity index (χ4v) is 2.86. The smallest absolute Gasteiger partial charge is 0.333 e. The molecule has 1 aromatic rings. The highest BCUT2D eigenvalue weighted by Crippen LogP contribution is 2.05. The molecule has 0 aromatic heterocycles. The molecule has 3 rings (SSSR count). The molecule has 0 saturated carbocycles. The van der Waals surface area contributed by atoms with E-state index in [0.717, 1.165) is 12.1 Å². The molecule has 2 atom stereocenters. The summed E-state index contributed by atoms with van der Waals surface area (Å²) in [6.07, 6.45) is 0. The molecule has 2 unspecified atom stereocenters. The fourth-order valence-electron chi connectivity index (χ4n) is 2.86. The summed E-state index contributed by atoms with van der Waals surface area (Å²) in [4.78, 5) is 23.7. The van der Waals surface area contributed by atoms with Gasteiger partial charge in [-0.2, -0.15) is 9.15 Å². The van der Waals surface area contributed by atoms with Crippen LogP contribution in [-0.4, -0.2) is 87.1 Å². The number of aromatic carboxylic acids is 2. The predicted octanol–water partition coefficient (Wildman–Crippen LogP) is -4.44. The Labute approximate surface area is 166 Å². The first-order valence-corrected chi connectivity index (χ1v) is 9.33. The van der Waals surface area contributed by atoms with Crippen molar-refractivity contribution in [2.24, 2.45) is 0 Å². The van der Waals surface area contributed by atoms with Crippen molar-refractivity contribution >= 4 is 23.6 Å². The zero-order valence-corrected chi connectivity index (χ0v) is 17.7. The zero-order valence-electron chi connectivity index (χ0n) is 17.7. The highest BCUT2D eigenvalue weighted by molar-refractivity contribution is 5.99. The molecule has 28 heavy (non-hydrogen) atoms. The van der Waals surface area contributed by atoms with Gasteiger partial charge in [-0.05, 0) is 0 Å². The van der Waals surface area contributed by atoms with Gasteiger partial charge in [-0.25, -0.2) is 9.80 Å². The number of carbonyl (C=O) groups is 2. The molecule has 1 aromatic carbocycles. The monoisotopic (exact) mass is 392 g/mol. The van der Waals surface area contributed by atoms with Gasteiger partial charge in [-0.3, -0.25) is 0 Å². The number of amidine groups is 2. The predicted molar refractivity (Wildman–Crippen MR) is 102 cm³/mol. The lowest BCUT2D eigenvalue weighted by atomic mass is 10.1. The maximum absolute atomic E-state index is 10.3. The van der Waals surface area contributed by atoms with Crippen LogP contribution in [-0.2, 0) is 0 Å². The van der Waals surface area contributed by atoms with Crippen molar-refractivity contribution in [1.29, 1.82) is 0 Å². The quantitative estimate of drug-likeness (QED) is 0.497. The van der Waals surface area contributed by atoms with E-state index in [0.29, 0.717) is 0 Å². The highest BCUT2D eigenvalue weighted by Gasteiger charge is 2.24. The van der Waals surface area contributed by atoms with Gasteiger partial charge in [0, 0.05) is 11.1 Å². The molecule has 0 radical (unpaired) electrons. The zero-order chi connectivity index (χ0) is 21.4. The maximum Gasteiger partial charge on any atom is 0.333 e. The minimum Gasteiger partial charge on any atom is -0.545 e. The van der Waals surface area contributed by atoms with Gasteiger partial charge in [0.2, 0.25) is 0 Å². The van der Waals surface area contributed by atoms with E-state index in [-0.39, 0.29) is 11.1 Å². The Morgan fingerprint density at radius 2 is 1.14 bits per heavy atom. The molecule has 0 aliphatic carbocycles. The van der Waals surface area contributed by atoms with Gasteiger partial charge < -0.3 is 19.8 Å². The van der Waals surface area contributed by atoms with Crippen LogP contribution in [0.4, 0.5) is 0 Å². The van der Waals surface area contributed by atoms with Gasteiger partial charge in [-0.15, -0.1) is 0 Å². The Morgan fingerprint density at radius 3 is 1.29 bits per heavy atom. The van der Waals surface area contributed by atoms with E-state index < -0.39 is 11.9 Å². The Hall–Kier alpha value is -2.58. The van der Waals surface area contributed by atoms with Crippen LogP contribution in [0.2, 0.25) is 0 Å². The van der Waals surface area contributed by atoms with E-state index in [2.05, 4.69) is 51.2 Å². The molecule has 2 aliphatic heterocycles. The molecule has 0 fully saturated rings. The Balaban J connectivity index is 0.000000217. The molecule has 0 amide bonds. The van der Waals surface area contributed by atoms with Crippen molar-refractivity contribution in [2.75, 3.05) is 54.4 Å². The third-order valence-corrected chi connectivity index (χ3v) is 5.39. The average Bonchev–Trinajstić information content (AvgIpc) is 3.12. The lowest BCUT2D eigenvalue weighted by Crippen LogP contribution is -3.10. The lowest BCUT2D eigenvalue weighted by Gasteiger charge is -2.09. The van der Waals surface area contributed by atoms with Crippen LogP contribution in [0.3, 0.4) is 0 Å². The molecule has 2 heterocycles. The number of rotatable bonds is 2. The van der Waals surface area contributed by atoms with Crippen LogP contribution in [0, 0.1) is 0 Å². The molecule has 2 N–H and O–H groups in total. The van der Waals surface area contributed by atoms with Crippen molar-refractivity contribution in [3.63, 3.8) is 0 Å². The second kappa shape index (κ2) is 10.7. The first-order chi connectivity index (χ1) is 13.1. The summed E-state index contributed by atoms with van der Waals surface area (Å²) in [7, 11) is 8.70. The van der Waals surface area contributed by atoms with Gasteiger partial charge in [0.15, 0.2) is 13.1 Å². The van der Waals surface area contributed by atoms with Gasteiger partial charge >= 0.3 is 11.7 Å². The van der Waals surface area contributed by atoms with Gasteiger partial charge in [0.05, 0.1) is 39.9 Å². The summed E-state index contributed by atoms with van der Waals surface area (Å²) in [6.45, 7) is 9.34. The molecule has 8 nitrogen and oxygen atoms in total. The number of carboxylic acid groups (broad SMARTS) is 2. The highest BCUT2D eigenvalue weighted by atomic mass is 16.4. The molecule has 8 heteroatoms. The molecule has 0 spiro atoms. The molecule has 2 aliphatic rings. The van der Waals surface area contributed by atoms with Crippen molar-refractivity contribution in [2.45, 2.75) is 13.8 Å². The van der Waals surface area contributed by atoms with Crippen LogP contribution in [0.5, 0.6) is 0 Å². The Bertz CT molecular complexity index is 721. The van der Waals surface area contributed by atoms with Gasteiger partial charge in [0.1, 0.15) is 27.2 Å². The molecular weight excluding hydrogens is 360 g/mol. The molecule has 0 saturated heterocycles. The third kappa shape index (κ3) is 6.54. The summed E-state index contributed by atoms with van der Waals surface area (Å²) in [5, 5.41) is 20.6. The largest absolute Gasteiger partial charge is 0.545 e. The first-order valence-electron chi connectivity index (χ1n) is 9.33. The second-order valence-corrected chi connectivity index (χ2v) is 7.20. The number of hydrogen-bond donors (Lipinski definition) is 2. The van der Waals surface area contributed by atoms with Crippen LogP contribution in [0.15, 0.2) is 24.3 Å². The summed E-state index contributed by atoms with van der Waals surface area (Å²) in [5.74, 6) is -0.111. The van der Waals surface area contributed by atoms with Crippen LogP contribution < -0.4 is 20.0 Å². The number of nitrogens with one attached hydrogen (secondary N) is 2. The summed E-state index contributed by atoms with van der Waals surface area (Å²) >= 11 is 0. The van der Waals surface area contributed by atoms with Crippen molar-refractivity contribution < 1.29 is 38.8 Å². The van der Waals surface area contributed by atoms with E-state index in [9.17, 15) is 19.8 Å². The first kappa shape index (κ1) is 23.5. The third-order valence-electron chi connectivity index (χ3n) is 5.39. The van der Waals surface area contributed by atoms with E-state index in [1.54, 1.807) is 9.80 Å². The maximum atomic E-state index is 10.3. The fraction of sp³-hybridized carbons (Fsp3) is 0.500. The number of carboxylic acids is 2. The SMILES string of the molecule is CC1=[N+](C)CC[NH+]1C.CC1=[N+](C)CC[NH+]1C.O=C([O-])c1ccccc1C(=O)[O-]. The number of nitrogens with zero attached hydrogens (tertiary/aromatic N) is 2. The summed E-state index contributed by atoms with van der Waals surface area (Å²) in [5.41, 5.74) is -0.727. The number of quaternary nitrogens is 2. The second-order valence-electron chi connectivity index (χ2n) is 7.20. The average molecular weight is 393 g/mol. The van der Waals surface area contributed by atoms with Crippen molar-refractivity contribution in [3.05, 3.63) is 35.4 Å². The molecular formula is C20H32N4O4+2. The van der Waals surface area contributed by atoms with Gasteiger partial charge in [-0.1, -0.05) is 24.3 Å². The van der Waals surface area contributed by atoms with E-state index >= 15 is 0 Å². The van der Waals surface area contributed by atoms with Crippen LogP contribution in [0.1, 0.15) is 34.6 Å². The van der Waals surface area contributed by atoms with Crippen LogP contribution in [0.25, 0.3) is 0 Å². The summed E-state index contributed by atoms with van der Waals surface area (Å²) < 4.78 is 4.60.